The van der Waals surface area contributed by atoms with Crippen LogP contribution in [0.25, 0.3) is 21.6 Å². The van der Waals surface area contributed by atoms with Crippen LogP contribution in [0, 0.1) is 28.4 Å². The molecule has 0 spiro atoms. The smallest absolute Gasteiger partial charge is 0.349 e. The van der Waals surface area contributed by atoms with Crippen molar-refractivity contribution in [3.8, 4) is 16.8 Å². The molecule has 3 aromatic rings. The van der Waals surface area contributed by atoms with Crippen LogP contribution in [0.1, 0.15) is 20.9 Å². The molecule has 0 amide bonds. The third-order valence-electron chi connectivity index (χ3n) is 3.44. The Bertz CT molecular complexity index is 1030. The van der Waals surface area contributed by atoms with Crippen LogP contribution >= 0.6 is 11.3 Å². The van der Waals surface area contributed by atoms with Gasteiger partial charge in [0.05, 0.1) is 34.5 Å². The molecule has 8 nitrogen and oxygen atoms in total. The lowest BCUT2D eigenvalue weighted by atomic mass is 10.1. The summed E-state index contributed by atoms with van der Waals surface area (Å²) in [7, 11) is 1.29. The third kappa shape index (κ3) is 2.49. The van der Waals surface area contributed by atoms with Crippen molar-refractivity contribution in [2.75, 3.05) is 7.11 Å². The molecule has 0 radical (unpaired) electrons. The van der Waals surface area contributed by atoms with Crippen molar-refractivity contribution >= 4 is 33.9 Å². The molecule has 9 heteroatoms. The molecule has 2 aromatic heterocycles. The molecule has 3 rings (SSSR count). The molecule has 0 aliphatic rings. The minimum Gasteiger partial charge on any atom is -0.465 e. The lowest BCUT2D eigenvalue weighted by molar-refractivity contribution is -0.384. The summed E-state index contributed by atoms with van der Waals surface area (Å²) in [6, 6.07) is 6.22. The number of aromatic amines is 1. The van der Waals surface area contributed by atoms with Crippen molar-refractivity contribution in [1.29, 1.82) is 5.26 Å². The molecule has 0 bridgehead atoms. The molecule has 0 saturated carbocycles. The maximum Gasteiger partial charge on any atom is 0.349 e. The minimum absolute atomic E-state index is 0.157. The number of hydrogen-bond donors (Lipinski definition) is 1. The lowest BCUT2D eigenvalue weighted by Gasteiger charge is -1.94. The van der Waals surface area contributed by atoms with Crippen molar-refractivity contribution in [3.05, 3.63) is 44.4 Å². The van der Waals surface area contributed by atoms with Gasteiger partial charge in [-0.05, 0) is 13.0 Å². The Kier molecular flexibility index (Phi) is 3.75. The molecule has 24 heavy (non-hydrogen) atoms. The SMILES string of the molecule is COC(=O)c1sc(-c2cc3cc([N+](=O)[O-])cc(C#N)c3[nH]2)nc1C. The average molecular weight is 342 g/mol. The zero-order chi connectivity index (χ0) is 17.4. The summed E-state index contributed by atoms with van der Waals surface area (Å²) in [5.41, 5.74) is 1.62. The highest BCUT2D eigenvalue weighted by atomic mass is 32.1. The van der Waals surface area contributed by atoms with E-state index in [4.69, 9.17) is 4.74 Å². The number of methoxy groups -OCH3 is 1. The Morgan fingerprint density at radius 2 is 2.21 bits per heavy atom. The Morgan fingerprint density at radius 3 is 2.83 bits per heavy atom. The van der Waals surface area contributed by atoms with Gasteiger partial charge in [0.1, 0.15) is 16.0 Å². The summed E-state index contributed by atoms with van der Waals surface area (Å²) in [5.74, 6) is -0.472. The second-order valence-corrected chi connectivity index (χ2v) is 5.93. The molecule has 0 unspecified atom stereocenters. The lowest BCUT2D eigenvalue weighted by Crippen LogP contribution is -1.99. The molecule has 0 aliphatic heterocycles. The van der Waals surface area contributed by atoms with Gasteiger partial charge in [-0.25, -0.2) is 9.78 Å². The van der Waals surface area contributed by atoms with Crippen LogP contribution in [-0.2, 0) is 4.74 Å². The van der Waals surface area contributed by atoms with Crippen LogP contribution in [0.3, 0.4) is 0 Å². The number of hydrogen-bond acceptors (Lipinski definition) is 7. The van der Waals surface area contributed by atoms with Gasteiger partial charge in [0.25, 0.3) is 5.69 Å². The van der Waals surface area contributed by atoms with Gasteiger partial charge in [0.15, 0.2) is 0 Å². The van der Waals surface area contributed by atoms with Crippen molar-refractivity contribution in [3.63, 3.8) is 0 Å². The van der Waals surface area contributed by atoms with Gasteiger partial charge in [0.2, 0.25) is 0 Å². The first kappa shape index (κ1) is 15.6. The van der Waals surface area contributed by atoms with Gasteiger partial charge < -0.3 is 9.72 Å². The summed E-state index contributed by atoms with van der Waals surface area (Å²) in [4.78, 5) is 29.9. The number of H-pyrrole nitrogens is 1. The first-order valence-electron chi connectivity index (χ1n) is 6.72. The van der Waals surface area contributed by atoms with Crippen molar-refractivity contribution in [1.82, 2.24) is 9.97 Å². The van der Waals surface area contributed by atoms with E-state index < -0.39 is 10.9 Å². The zero-order valence-corrected chi connectivity index (χ0v) is 13.4. The molecule has 0 atom stereocenters. The number of ether oxygens (including phenoxy) is 1. The molecule has 0 aliphatic carbocycles. The summed E-state index contributed by atoms with van der Waals surface area (Å²) >= 11 is 1.15. The first-order chi connectivity index (χ1) is 11.4. The van der Waals surface area contributed by atoms with Crippen molar-refractivity contribution in [2.24, 2.45) is 0 Å². The number of nitro benzene ring substituents is 1. The average Bonchev–Trinajstić information content (AvgIpc) is 3.16. The standard InChI is InChI=1S/C15H10N4O4S/c1-7-13(15(20)23-2)24-14(17-7)11-5-8-3-10(19(21)22)4-9(6-16)12(8)18-11/h3-5,18H,1-2H3. The third-order valence-corrected chi connectivity index (χ3v) is 4.61. The largest absolute Gasteiger partial charge is 0.465 e. The first-order valence-corrected chi connectivity index (χ1v) is 7.53. The highest BCUT2D eigenvalue weighted by Crippen LogP contribution is 2.33. The number of carbonyl (C=O) groups excluding carboxylic acids is 1. The molecule has 0 saturated heterocycles. The minimum atomic E-state index is -0.546. The van der Waals surface area contributed by atoms with Crippen LogP contribution in [0.4, 0.5) is 5.69 Å². The Labute approximate surface area is 139 Å². The molecule has 2 heterocycles. The Hall–Kier alpha value is -3.25. The van der Waals surface area contributed by atoms with Crippen LogP contribution in [0.5, 0.6) is 0 Å². The van der Waals surface area contributed by atoms with Gasteiger partial charge in [0, 0.05) is 17.5 Å². The monoisotopic (exact) mass is 342 g/mol. The number of benzene rings is 1. The summed E-state index contributed by atoms with van der Waals surface area (Å²) < 4.78 is 4.71. The van der Waals surface area contributed by atoms with E-state index in [1.54, 1.807) is 13.0 Å². The number of nitro groups is 1. The van der Waals surface area contributed by atoms with E-state index in [0.29, 0.717) is 32.2 Å². The van der Waals surface area contributed by atoms with Crippen molar-refractivity contribution in [2.45, 2.75) is 6.92 Å². The van der Waals surface area contributed by atoms with Crippen molar-refractivity contribution < 1.29 is 14.5 Å². The molecule has 1 aromatic carbocycles. The normalized spacial score (nSPS) is 10.5. The summed E-state index contributed by atoms with van der Waals surface area (Å²) in [6.45, 7) is 1.69. The van der Waals surface area contributed by atoms with Crippen LogP contribution in [-0.4, -0.2) is 28.0 Å². The highest BCUT2D eigenvalue weighted by molar-refractivity contribution is 7.17. The predicted molar refractivity (Wildman–Crippen MR) is 86.9 cm³/mol. The zero-order valence-electron chi connectivity index (χ0n) is 12.6. The fourth-order valence-electron chi connectivity index (χ4n) is 2.33. The van der Waals surface area contributed by atoms with E-state index in [1.165, 1.54) is 19.2 Å². The fraction of sp³-hybridized carbons (Fsp3) is 0.133. The maximum atomic E-state index is 11.7. The van der Waals surface area contributed by atoms with E-state index in [2.05, 4.69) is 9.97 Å². The van der Waals surface area contributed by atoms with Crippen LogP contribution < -0.4 is 0 Å². The molecule has 1 N–H and O–H groups in total. The van der Waals surface area contributed by atoms with Crippen LogP contribution in [0.2, 0.25) is 0 Å². The number of nitrogens with zero attached hydrogens (tertiary/aromatic N) is 3. The number of thiazole rings is 1. The van der Waals surface area contributed by atoms with Gasteiger partial charge >= 0.3 is 5.97 Å². The van der Waals surface area contributed by atoms with Gasteiger partial charge in [-0.15, -0.1) is 11.3 Å². The predicted octanol–water partition coefficient (Wildman–Crippen LogP) is 3.17. The number of aryl methyl sites for hydroxylation is 1. The summed E-state index contributed by atoms with van der Waals surface area (Å²) in [6.07, 6.45) is 0. The number of esters is 1. The summed E-state index contributed by atoms with van der Waals surface area (Å²) in [5, 5.41) is 21.2. The van der Waals surface area contributed by atoms with E-state index in [9.17, 15) is 20.2 Å². The molecular formula is C15H10N4O4S. The number of fused-ring (bicyclic) bond motifs is 1. The van der Waals surface area contributed by atoms with Crippen LogP contribution in [0.15, 0.2) is 18.2 Å². The van der Waals surface area contributed by atoms with Gasteiger partial charge in [-0.2, -0.15) is 5.26 Å². The topological polar surface area (TPSA) is 122 Å². The number of nitriles is 1. The second-order valence-electron chi connectivity index (χ2n) is 4.93. The number of non-ortho nitro benzene ring substituents is 1. The maximum absolute atomic E-state index is 11.7. The van der Waals surface area contributed by atoms with E-state index in [0.717, 1.165) is 11.3 Å². The van der Waals surface area contributed by atoms with Gasteiger partial charge in [-0.1, -0.05) is 0 Å². The van der Waals surface area contributed by atoms with E-state index >= 15 is 0 Å². The number of aromatic nitrogens is 2. The van der Waals surface area contributed by atoms with Gasteiger partial charge in [-0.3, -0.25) is 10.1 Å². The molecule has 0 fully saturated rings. The fourth-order valence-corrected chi connectivity index (χ4v) is 3.29. The quantitative estimate of drug-likeness (QED) is 0.443. The molecular weight excluding hydrogens is 332 g/mol. The van der Waals surface area contributed by atoms with E-state index in [-0.39, 0.29) is 11.3 Å². The number of nitrogens with one attached hydrogen (secondary N) is 1. The second kappa shape index (κ2) is 5.75. The highest BCUT2D eigenvalue weighted by Gasteiger charge is 2.19. The van der Waals surface area contributed by atoms with E-state index in [1.807, 2.05) is 6.07 Å². The Balaban J connectivity index is 2.17. The Morgan fingerprint density at radius 1 is 1.46 bits per heavy atom. The number of rotatable bonds is 3. The number of carbonyl (C=O) groups is 1. The molecule has 120 valence electrons.